The summed E-state index contributed by atoms with van der Waals surface area (Å²) in [4.78, 5) is 43.7. The third-order valence-corrected chi connectivity index (χ3v) is 6.59. The molecule has 0 bridgehead atoms. The minimum Gasteiger partial charge on any atom is -0.443 e. The molecular formula is C28H30F3N7O4. The minimum atomic E-state index is -4.90. The van der Waals surface area contributed by atoms with Gasteiger partial charge in [-0.1, -0.05) is 6.07 Å². The Hall–Kier alpha value is -4.46. The Morgan fingerprint density at radius 3 is 2.38 bits per heavy atom. The van der Waals surface area contributed by atoms with Crippen LogP contribution in [0.5, 0.6) is 5.75 Å². The molecule has 4 heterocycles. The summed E-state index contributed by atoms with van der Waals surface area (Å²) in [5.74, 6) is -1.03. The number of aromatic nitrogens is 3. The van der Waals surface area contributed by atoms with E-state index < -0.39 is 29.7 Å². The number of nitrogens with zero attached hydrogens (tertiary/aromatic N) is 6. The third-order valence-electron chi connectivity index (χ3n) is 6.59. The van der Waals surface area contributed by atoms with Crippen molar-refractivity contribution in [3.05, 3.63) is 53.9 Å². The first-order valence-electron chi connectivity index (χ1n) is 13.2. The van der Waals surface area contributed by atoms with E-state index in [1.807, 2.05) is 7.05 Å². The standard InChI is InChI=1S/C28H30F3N7O4/c1-27(2,3)42-26(40)38-16-17-5-7-19(33-23(17)24(38)39)20-9-10-32-25(34-20)35-21-15-18(37-13-11-36(4)12-14-37)6-8-22(21)41-28(29,30)31/h5-10,15H,11-14,16H2,1-4H3,(H,32,34,35). The molecule has 3 aromatic rings. The number of benzene rings is 1. The fourth-order valence-electron chi connectivity index (χ4n) is 4.55. The molecular weight excluding hydrogens is 555 g/mol. The molecule has 0 aliphatic carbocycles. The molecule has 42 heavy (non-hydrogen) atoms. The van der Waals surface area contributed by atoms with Crippen LogP contribution in [0.2, 0.25) is 0 Å². The van der Waals surface area contributed by atoms with Gasteiger partial charge in [-0.3, -0.25) is 4.79 Å². The van der Waals surface area contributed by atoms with Crippen LogP contribution >= 0.6 is 0 Å². The van der Waals surface area contributed by atoms with Crippen molar-refractivity contribution in [2.75, 3.05) is 43.4 Å². The maximum Gasteiger partial charge on any atom is 0.573 e. The fourth-order valence-corrected chi connectivity index (χ4v) is 4.55. The number of carbonyl (C=O) groups excluding carboxylic acids is 2. The van der Waals surface area contributed by atoms with E-state index in [1.165, 1.54) is 12.3 Å². The fraction of sp³-hybridized carbons (Fsp3) is 0.393. The number of rotatable bonds is 5. The van der Waals surface area contributed by atoms with Gasteiger partial charge in [0.15, 0.2) is 5.75 Å². The van der Waals surface area contributed by atoms with Crippen molar-refractivity contribution in [1.82, 2.24) is 24.8 Å². The number of imide groups is 1. The van der Waals surface area contributed by atoms with Crippen LogP contribution in [0, 0.1) is 0 Å². The Labute approximate surface area is 240 Å². The predicted octanol–water partition coefficient (Wildman–Crippen LogP) is 4.82. The highest BCUT2D eigenvalue weighted by Crippen LogP contribution is 2.36. The molecule has 1 N–H and O–H groups in total. The summed E-state index contributed by atoms with van der Waals surface area (Å²) in [6.07, 6.45) is -4.25. The van der Waals surface area contributed by atoms with E-state index in [4.69, 9.17) is 4.74 Å². The highest BCUT2D eigenvalue weighted by molar-refractivity contribution is 6.05. The molecule has 222 valence electrons. The number of carbonyl (C=O) groups is 2. The predicted molar refractivity (Wildman–Crippen MR) is 147 cm³/mol. The van der Waals surface area contributed by atoms with Crippen molar-refractivity contribution in [3.8, 4) is 17.1 Å². The summed E-state index contributed by atoms with van der Waals surface area (Å²) < 4.78 is 49.1. The number of hydrogen-bond donors (Lipinski definition) is 1. The van der Waals surface area contributed by atoms with Gasteiger partial charge >= 0.3 is 12.5 Å². The number of nitrogens with one attached hydrogen (secondary N) is 1. The summed E-state index contributed by atoms with van der Waals surface area (Å²) >= 11 is 0. The summed E-state index contributed by atoms with van der Waals surface area (Å²) in [7, 11) is 2.01. The zero-order valence-corrected chi connectivity index (χ0v) is 23.5. The Bertz CT molecular complexity index is 1500. The number of amides is 2. The maximum atomic E-state index is 13.2. The van der Waals surface area contributed by atoms with E-state index in [-0.39, 0.29) is 23.9 Å². The van der Waals surface area contributed by atoms with E-state index >= 15 is 0 Å². The number of pyridine rings is 1. The molecule has 0 unspecified atom stereocenters. The van der Waals surface area contributed by atoms with Gasteiger partial charge in [0, 0.05) is 43.6 Å². The second-order valence-electron chi connectivity index (χ2n) is 11.0. The van der Waals surface area contributed by atoms with E-state index in [2.05, 4.69) is 34.8 Å². The number of halogens is 3. The van der Waals surface area contributed by atoms with Crippen molar-refractivity contribution < 1.29 is 32.2 Å². The summed E-state index contributed by atoms with van der Waals surface area (Å²) in [5.41, 5.74) is 1.26. The molecule has 1 aromatic carbocycles. The van der Waals surface area contributed by atoms with Gasteiger partial charge in [0.1, 0.15) is 11.3 Å². The van der Waals surface area contributed by atoms with Gasteiger partial charge in [-0.2, -0.15) is 0 Å². The summed E-state index contributed by atoms with van der Waals surface area (Å²) in [6, 6.07) is 9.28. The molecule has 1 fully saturated rings. The van der Waals surface area contributed by atoms with Crippen molar-refractivity contribution >= 4 is 29.3 Å². The van der Waals surface area contributed by atoms with Crippen molar-refractivity contribution in [2.45, 2.75) is 39.3 Å². The second-order valence-corrected chi connectivity index (χ2v) is 11.0. The average molecular weight is 586 g/mol. The van der Waals surface area contributed by atoms with Gasteiger partial charge in [-0.25, -0.2) is 24.6 Å². The number of anilines is 3. The maximum absolute atomic E-state index is 13.2. The first-order valence-corrected chi connectivity index (χ1v) is 13.2. The molecule has 0 radical (unpaired) electrons. The molecule has 0 atom stereocenters. The Morgan fingerprint density at radius 2 is 1.69 bits per heavy atom. The van der Waals surface area contributed by atoms with Crippen LogP contribution in [-0.4, -0.2) is 81.9 Å². The van der Waals surface area contributed by atoms with Crippen LogP contribution in [0.1, 0.15) is 36.8 Å². The first kappa shape index (κ1) is 29.0. The Morgan fingerprint density at radius 1 is 0.976 bits per heavy atom. The van der Waals surface area contributed by atoms with Crippen molar-refractivity contribution in [3.63, 3.8) is 0 Å². The number of ether oxygens (including phenoxy) is 2. The van der Waals surface area contributed by atoms with Gasteiger partial charge in [-0.15, -0.1) is 13.2 Å². The van der Waals surface area contributed by atoms with E-state index in [0.717, 1.165) is 36.8 Å². The van der Waals surface area contributed by atoms with Crippen molar-refractivity contribution in [1.29, 1.82) is 0 Å². The molecule has 0 saturated carbocycles. The van der Waals surface area contributed by atoms with Crippen LogP contribution in [0.15, 0.2) is 42.6 Å². The second kappa shape index (κ2) is 11.1. The molecule has 2 aromatic heterocycles. The monoisotopic (exact) mass is 585 g/mol. The molecule has 0 spiro atoms. The average Bonchev–Trinajstić information content (AvgIpc) is 3.24. The molecule has 14 heteroatoms. The van der Waals surface area contributed by atoms with E-state index in [0.29, 0.717) is 17.0 Å². The number of fused-ring (bicyclic) bond motifs is 1. The lowest BCUT2D eigenvalue weighted by molar-refractivity contribution is -0.274. The normalized spacial score (nSPS) is 15.9. The summed E-state index contributed by atoms with van der Waals surface area (Å²) in [5, 5.41) is 2.85. The SMILES string of the molecule is CN1CCN(c2ccc(OC(F)(F)F)c(Nc3nccc(-c4ccc5c(n4)C(=O)N(C(=O)OC(C)(C)C)C5)n3)c2)CC1. The topological polar surface area (TPSA) is 113 Å². The lowest BCUT2D eigenvalue weighted by Crippen LogP contribution is -2.44. The first-order chi connectivity index (χ1) is 19.8. The van der Waals surface area contributed by atoms with Gasteiger partial charge in [0.2, 0.25) is 5.95 Å². The molecule has 2 amide bonds. The lowest BCUT2D eigenvalue weighted by atomic mass is 10.2. The van der Waals surface area contributed by atoms with Gasteiger partial charge in [-0.05, 0) is 58.2 Å². The van der Waals surface area contributed by atoms with Crippen molar-refractivity contribution in [2.24, 2.45) is 0 Å². The smallest absolute Gasteiger partial charge is 0.443 e. The Kier molecular flexibility index (Phi) is 7.66. The van der Waals surface area contributed by atoms with Crippen LogP contribution < -0.4 is 15.0 Å². The van der Waals surface area contributed by atoms with Crippen LogP contribution in [-0.2, 0) is 11.3 Å². The highest BCUT2D eigenvalue weighted by atomic mass is 19.4. The van der Waals surface area contributed by atoms with Gasteiger partial charge < -0.3 is 24.6 Å². The molecule has 2 aliphatic rings. The van der Waals surface area contributed by atoms with Gasteiger partial charge in [0.05, 0.1) is 23.6 Å². The zero-order chi connectivity index (χ0) is 30.2. The van der Waals surface area contributed by atoms with Crippen LogP contribution in [0.25, 0.3) is 11.4 Å². The number of hydrogen-bond acceptors (Lipinski definition) is 10. The van der Waals surface area contributed by atoms with E-state index in [9.17, 15) is 22.8 Å². The number of likely N-dealkylation sites (N-methyl/N-ethyl adjacent to an activating group) is 1. The number of alkyl halides is 3. The molecule has 11 nitrogen and oxygen atoms in total. The largest absolute Gasteiger partial charge is 0.573 e. The molecule has 1 saturated heterocycles. The molecule has 2 aliphatic heterocycles. The van der Waals surface area contributed by atoms with Gasteiger partial charge in [0.25, 0.3) is 5.91 Å². The van der Waals surface area contributed by atoms with E-state index in [1.54, 1.807) is 51.1 Å². The van der Waals surface area contributed by atoms with Crippen LogP contribution in [0.4, 0.5) is 35.3 Å². The quantitative estimate of drug-likeness (QED) is 0.447. The lowest BCUT2D eigenvalue weighted by Gasteiger charge is -2.34. The highest BCUT2D eigenvalue weighted by Gasteiger charge is 2.36. The minimum absolute atomic E-state index is 0.000872. The van der Waals surface area contributed by atoms with Crippen LogP contribution in [0.3, 0.4) is 0 Å². The summed E-state index contributed by atoms with van der Waals surface area (Å²) in [6.45, 7) is 8.22. The zero-order valence-electron chi connectivity index (χ0n) is 23.5. The Balaban J connectivity index is 1.40. The number of piperazine rings is 1. The molecule has 5 rings (SSSR count). The third kappa shape index (κ3) is 6.70.